The van der Waals surface area contributed by atoms with E-state index in [-0.39, 0.29) is 0 Å². The number of nitrogens with two attached hydrogens (primary N) is 1. The Morgan fingerprint density at radius 1 is 1.43 bits per heavy atom. The standard InChI is InChI=1S/C11H23N3/c1-9(8-12)13(2)10-5-7-14-6-3-4-11(10)14/h9-11H,3-8,12H2,1-2H3. The Balaban J connectivity index is 1.97. The lowest BCUT2D eigenvalue weighted by Crippen LogP contribution is -2.47. The minimum absolute atomic E-state index is 0.528. The highest BCUT2D eigenvalue weighted by Crippen LogP contribution is 2.31. The van der Waals surface area contributed by atoms with Gasteiger partial charge in [-0.05, 0) is 39.8 Å². The van der Waals surface area contributed by atoms with E-state index < -0.39 is 0 Å². The molecule has 3 atom stereocenters. The molecule has 2 saturated heterocycles. The van der Waals surface area contributed by atoms with Gasteiger partial charge in [-0.2, -0.15) is 0 Å². The van der Waals surface area contributed by atoms with Gasteiger partial charge in [-0.25, -0.2) is 0 Å². The van der Waals surface area contributed by atoms with E-state index in [0.717, 1.165) is 18.6 Å². The number of fused-ring (bicyclic) bond motifs is 1. The summed E-state index contributed by atoms with van der Waals surface area (Å²) in [6.45, 7) is 5.64. The molecule has 2 N–H and O–H groups in total. The molecule has 82 valence electrons. The maximum absolute atomic E-state index is 5.72. The summed E-state index contributed by atoms with van der Waals surface area (Å²) in [7, 11) is 2.24. The molecule has 0 aromatic carbocycles. The van der Waals surface area contributed by atoms with Crippen molar-refractivity contribution in [3.8, 4) is 0 Å². The predicted octanol–water partition coefficient (Wildman–Crippen LogP) is 0.502. The zero-order chi connectivity index (χ0) is 10.1. The van der Waals surface area contributed by atoms with Gasteiger partial charge in [0.05, 0.1) is 0 Å². The third-order valence-corrected chi connectivity index (χ3v) is 4.13. The van der Waals surface area contributed by atoms with Crippen LogP contribution in [0.3, 0.4) is 0 Å². The Hall–Kier alpha value is -0.120. The molecule has 2 fully saturated rings. The zero-order valence-corrected chi connectivity index (χ0v) is 9.45. The molecule has 0 aromatic rings. The first-order valence-corrected chi connectivity index (χ1v) is 5.90. The van der Waals surface area contributed by atoms with Gasteiger partial charge in [-0.1, -0.05) is 0 Å². The van der Waals surface area contributed by atoms with Crippen LogP contribution in [-0.2, 0) is 0 Å². The Kier molecular flexibility index (Phi) is 3.10. The molecule has 3 nitrogen and oxygen atoms in total. The van der Waals surface area contributed by atoms with Gasteiger partial charge < -0.3 is 5.73 Å². The predicted molar refractivity (Wildman–Crippen MR) is 59.3 cm³/mol. The van der Waals surface area contributed by atoms with Crippen molar-refractivity contribution in [2.75, 3.05) is 26.7 Å². The van der Waals surface area contributed by atoms with Crippen LogP contribution < -0.4 is 5.73 Å². The smallest absolute Gasteiger partial charge is 0.0264 e. The SMILES string of the molecule is CC(CN)N(C)C1CCN2CCCC12. The fourth-order valence-electron chi connectivity index (χ4n) is 3.02. The van der Waals surface area contributed by atoms with Gasteiger partial charge in [0, 0.05) is 31.2 Å². The second-order valence-electron chi connectivity index (χ2n) is 4.85. The molecule has 0 amide bonds. The summed E-state index contributed by atoms with van der Waals surface area (Å²) in [5.74, 6) is 0. The average molecular weight is 197 g/mol. The quantitative estimate of drug-likeness (QED) is 0.715. The van der Waals surface area contributed by atoms with Gasteiger partial charge in [0.1, 0.15) is 0 Å². The fourth-order valence-corrected chi connectivity index (χ4v) is 3.02. The highest BCUT2D eigenvalue weighted by molar-refractivity contribution is 4.97. The van der Waals surface area contributed by atoms with E-state index in [9.17, 15) is 0 Å². The van der Waals surface area contributed by atoms with Crippen LogP contribution in [0.5, 0.6) is 0 Å². The Morgan fingerprint density at radius 2 is 2.21 bits per heavy atom. The Labute approximate surface area is 87.2 Å². The van der Waals surface area contributed by atoms with Gasteiger partial charge in [0.15, 0.2) is 0 Å². The first-order chi connectivity index (χ1) is 6.74. The molecule has 2 rings (SSSR count). The average Bonchev–Trinajstić information content (AvgIpc) is 2.76. The molecule has 0 spiro atoms. The highest BCUT2D eigenvalue weighted by Gasteiger charge is 2.39. The largest absolute Gasteiger partial charge is 0.329 e. The normalized spacial score (nSPS) is 35.1. The van der Waals surface area contributed by atoms with Crippen molar-refractivity contribution in [3.05, 3.63) is 0 Å². The molecule has 3 unspecified atom stereocenters. The number of likely N-dealkylation sites (N-methyl/N-ethyl adjacent to an activating group) is 1. The monoisotopic (exact) mass is 197 g/mol. The van der Waals surface area contributed by atoms with E-state index >= 15 is 0 Å². The van der Waals surface area contributed by atoms with Crippen molar-refractivity contribution in [2.45, 2.75) is 44.3 Å². The summed E-state index contributed by atoms with van der Waals surface area (Å²) in [6.07, 6.45) is 4.13. The third-order valence-electron chi connectivity index (χ3n) is 4.13. The lowest BCUT2D eigenvalue weighted by Gasteiger charge is -2.33. The van der Waals surface area contributed by atoms with Crippen LogP contribution in [-0.4, -0.2) is 54.6 Å². The van der Waals surface area contributed by atoms with Crippen molar-refractivity contribution in [1.82, 2.24) is 9.80 Å². The summed E-state index contributed by atoms with van der Waals surface area (Å²) in [6, 6.07) is 2.12. The maximum atomic E-state index is 5.72. The molecule has 2 aliphatic heterocycles. The number of rotatable bonds is 3. The molecule has 0 aromatic heterocycles. The second kappa shape index (κ2) is 4.17. The summed E-state index contributed by atoms with van der Waals surface area (Å²) in [4.78, 5) is 5.15. The molecule has 3 heteroatoms. The first kappa shape index (κ1) is 10.4. The fraction of sp³-hybridized carbons (Fsp3) is 1.00. The van der Waals surface area contributed by atoms with Gasteiger partial charge in [-0.3, -0.25) is 9.80 Å². The van der Waals surface area contributed by atoms with E-state index in [0.29, 0.717) is 6.04 Å². The summed E-state index contributed by atoms with van der Waals surface area (Å²) in [5, 5.41) is 0. The molecule has 0 radical (unpaired) electrons. The zero-order valence-electron chi connectivity index (χ0n) is 9.45. The van der Waals surface area contributed by atoms with Crippen molar-refractivity contribution >= 4 is 0 Å². The first-order valence-electron chi connectivity index (χ1n) is 5.90. The van der Waals surface area contributed by atoms with E-state index in [4.69, 9.17) is 5.73 Å². The van der Waals surface area contributed by atoms with Crippen LogP contribution in [0.1, 0.15) is 26.2 Å². The molecule has 0 aliphatic carbocycles. The van der Waals surface area contributed by atoms with Crippen LogP contribution in [0.15, 0.2) is 0 Å². The van der Waals surface area contributed by atoms with E-state index in [1.165, 1.54) is 32.4 Å². The molecule has 2 aliphatic rings. The van der Waals surface area contributed by atoms with Crippen molar-refractivity contribution in [3.63, 3.8) is 0 Å². The lowest BCUT2D eigenvalue weighted by atomic mass is 10.0. The van der Waals surface area contributed by atoms with E-state index in [2.05, 4.69) is 23.8 Å². The van der Waals surface area contributed by atoms with E-state index in [1.54, 1.807) is 0 Å². The Morgan fingerprint density at radius 3 is 2.93 bits per heavy atom. The molecule has 0 bridgehead atoms. The van der Waals surface area contributed by atoms with Crippen LogP contribution in [0.2, 0.25) is 0 Å². The molecular weight excluding hydrogens is 174 g/mol. The molecule has 0 saturated carbocycles. The highest BCUT2D eigenvalue weighted by atomic mass is 15.3. The maximum Gasteiger partial charge on any atom is 0.0264 e. The van der Waals surface area contributed by atoms with Crippen LogP contribution in [0.25, 0.3) is 0 Å². The minimum Gasteiger partial charge on any atom is -0.329 e. The lowest BCUT2D eigenvalue weighted by molar-refractivity contribution is 0.153. The topological polar surface area (TPSA) is 32.5 Å². The van der Waals surface area contributed by atoms with Crippen LogP contribution >= 0.6 is 0 Å². The molecule has 14 heavy (non-hydrogen) atoms. The third kappa shape index (κ3) is 1.69. The summed E-state index contributed by atoms with van der Waals surface area (Å²) in [5.41, 5.74) is 5.72. The van der Waals surface area contributed by atoms with Crippen molar-refractivity contribution < 1.29 is 0 Å². The molecular formula is C11H23N3. The number of hydrogen-bond donors (Lipinski definition) is 1. The minimum atomic E-state index is 0.528. The van der Waals surface area contributed by atoms with Gasteiger partial charge in [0.2, 0.25) is 0 Å². The van der Waals surface area contributed by atoms with Crippen LogP contribution in [0, 0.1) is 0 Å². The molecule has 2 heterocycles. The van der Waals surface area contributed by atoms with Crippen molar-refractivity contribution in [2.24, 2.45) is 5.73 Å². The van der Waals surface area contributed by atoms with Gasteiger partial charge in [-0.15, -0.1) is 0 Å². The van der Waals surface area contributed by atoms with Gasteiger partial charge in [0.25, 0.3) is 0 Å². The number of nitrogens with zero attached hydrogens (tertiary/aromatic N) is 2. The van der Waals surface area contributed by atoms with E-state index in [1.807, 2.05) is 0 Å². The summed E-state index contributed by atoms with van der Waals surface area (Å²) < 4.78 is 0. The van der Waals surface area contributed by atoms with Crippen molar-refractivity contribution in [1.29, 1.82) is 0 Å². The van der Waals surface area contributed by atoms with Gasteiger partial charge >= 0.3 is 0 Å². The van der Waals surface area contributed by atoms with Crippen LogP contribution in [0.4, 0.5) is 0 Å². The second-order valence-corrected chi connectivity index (χ2v) is 4.85. The summed E-state index contributed by atoms with van der Waals surface area (Å²) >= 11 is 0. The Bertz CT molecular complexity index is 195. The number of hydrogen-bond acceptors (Lipinski definition) is 3.